The number of anilines is 1. The van der Waals surface area contributed by atoms with E-state index in [0.717, 1.165) is 17.1 Å². The normalized spacial score (nSPS) is 12.1. The number of rotatable bonds is 5. The number of hydrogen-bond acceptors (Lipinski definition) is 6. The van der Waals surface area contributed by atoms with E-state index < -0.39 is 14.6 Å². The van der Waals surface area contributed by atoms with Crippen LogP contribution >= 0.6 is 0 Å². The highest BCUT2D eigenvalue weighted by Gasteiger charge is 2.31. The number of nitrogens with zero attached hydrogens (tertiary/aromatic N) is 4. The first-order valence-corrected chi connectivity index (χ1v) is 9.66. The van der Waals surface area contributed by atoms with Crippen LogP contribution in [0.1, 0.15) is 26.3 Å². The molecule has 0 bridgehead atoms. The van der Waals surface area contributed by atoms with Gasteiger partial charge in [-0.05, 0) is 45.0 Å². The maximum absolute atomic E-state index is 12.4. The van der Waals surface area contributed by atoms with Gasteiger partial charge in [0, 0.05) is 30.7 Å². The summed E-state index contributed by atoms with van der Waals surface area (Å²) in [6, 6.07) is 8.91. The zero-order valence-electron chi connectivity index (χ0n) is 14.9. The van der Waals surface area contributed by atoms with Crippen LogP contribution in [0.3, 0.4) is 0 Å². The van der Waals surface area contributed by atoms with Crippen LogP contribution in [0, 0.1) is 0 Å². The molecule has 0 saturated carbocycles. The second-order valence-electron chi connectivity index (χ2n) is 6.79. The Morgan fingerprint density at radius 1 is 1.08 bits per heavy atom. The summed E-state index contributed by atoms with van der Waals surface area (Å²) in [7, 11) is -3.46. The minimum absolute atomic E-state index is 0.0779. The first-order valence-electron chi connectivity index (χ1n) is 8.17. The molecule has 1 N–H and O–H groups in total. The van der Waals surface area contributed by atoms with E-state index >= 15 is 0 Å². The summed E-state index contributed by atoms with van der Waals surface area (Å²) in [5.41, 5.74) is 1.69. The molecule has 0 saturated heterocycles. The van der Waals surface area contributed by atoms with Gasteiger partial charge < -0.3 is 5.32 Å². The highest BCUT2D eigenvalue weighted by Crippen LogP contribution is 2.24. The standard InChI is InChI=1S/C18H21N5O2S/c1-18(2,3)26(24,25)16-8-7-15(13-21-16)20-12-14-6-4-9-19-17(14)23-11-5-10-22-23/h4-11,13,20H,12H2,1-3H3. The molecule has 0 amide bonds. The lowest BCUT2D eigenvalue weighted by Gasteiger charge is -2.18. The van der Waals surface area contributed by atoms with Crippen molar-refractivity contribution in [2.24, 2.45) is 0 Å². The van der Waals surface area contributed by atoms with Gasteiger partial charge in [0.25, 0.3) is 0 Å². The smallest absolute Gasteiger partial charge is 0.200 e. The molecule has 0 aliphatic heterocycles. The molecule has 0 aliphatic carbocycles. The summed E-state index contributed by atoms with van der Waals surface area (Å²) < 4.78 is 25.7. The lowest BCUT2D eigenvalue weighted by atomic mass is 10.2. The van der Waals surface area contributed by atoms with Crippen LogP contribution in [-0.4, -0.2) is 32.9 Å². The summed E-state index contributed by atoms with van der Waals surface area (Å²) in [6.45, 7) is 5.50. The molecule has 0 aliphatic rings. The lowest BCUT2D eigenvalue weighted by Crippen LogP contribution is -2.28. The molecular formula is C18H21N5O2S. The Balaban J connectivity index is 1.76. The second kappa shape index (κ2) is 6.87. The highest BCUT2D eigenvalue weighted by atomic mass is 32.2. The van der Waals surface area contributed by atoms with E-state index in [4.69, 9.17) is 0 Å². The molecule has 3 rings (SSSR count). The van der Waals surface area contributed by atoms with Crippen molar-refractivity contribution in [2.75, 3.05) is 5.32 Å². The van der Waals surface area contributed by atoms with Crippen molar-refractivity contribution in [3.05, 3.63) is 60.7 Å². The molecule has 8 heteroatoms. The molecule has 0 aromatic carbocycles. The monoisotopic (exact) mass is 371 g/mol. The van der Waals surface area contributed by atoms with Gasteiger partial charge in [0.05, 0.1) is 16.6 Å². The third kappa shape index (κ3) is 3.60. The lowest BCUT2D eigenvalue weighted by molar-refractivity contribution is 0.556. The van der Waals surface area contributed by atoms with Gasteiger partial charge in [-0.15, -0.1) is 0 Å². The molecule has 7 nitrogen and oxygen atoms in total. The Morgan fingerprint density at radius 3 is 2.50 bits per heavy atom. The van der Waals surface area contributed by atoms with Gasteiger partial charge in [-0.1, -0.05) is 6.07 Å². The molecule has 3 aromatic heterocycles. The van der Waals surface area contributed by atoms with E-state index in [9.17, 15) is 8.42 Å². The first kappa shape index (κ1) is 18.1. The van der Waals surface area contributed by atoms with Crippen molar-refractivity contribution in [3.8, 4) is 5.82 Å². The van der Waals surface area contributed by atoms with Gasteiger partial charge in [-0.3, -0.25) is 0 Å². The summed E-state index contributed by atoms with van der Waals surface area (Å²) in [4.78, 5) is 8.49. The van der Waals surface area contributed by atoms with Crippen molar-refractivity contribution < 1.29 is 8.42 Å². The van der Waals surface area contributed by atoms with Gasteiger partial charge in [0.2, 0.25) is 0 Å². The number of sulfone groups is 1. The van der Waals surface area contributed by atoms with Crippen LogP contribution < -0.4 is 5.32 Å². The van der Waals surface area contributed by atoms with Gasteiger partial charge in [0.1, 0.15) is 0 Å². The maximum Gasteiger partial charge on any atom is 0.200 e. The van der Waals surface area contributed by atoms with Crippen LogP contribution in [0.2, 0.25) is 0 Å². The number of pyridine rings is 2. The molecule has 0 atom stereocenters. The maximum atomic E-state index is 12.4. The SMILES string of the molecule is CC(C)(C)S(=O)(=O)c1ccc(NCc2cccnc2-n2cccn2)cn1. The quantitative estimate of drug-likeness (QED) is 0.742. The number of aromatic nitrogens is 4. The molecule has 3 aromatic rings. The fourth-order valence-corrected chi connectivity index (χ4v) is 3.39. The predicted octanol–water partition coefficient (Wildman–Crippen LogP) is 2.85. The zero-order valence-corrected chi connectivity index (χ0v) is 15.7. The van der Waals surface area contributed by atoms with E-state index in [1.54, 1.807) is 43.9 Å². The van der Waals surface area contributed by atoms with Crippen molar-refractivity contribution >= 4 is 15.5 Å². The van der Waals surface area contributed by atoms with Gasteiger partial charge in [-0.25, -0.2) is 23.1 Å². The molecule has 26 heavy (non-hydrogen) atoms. The minimum atomic E-state index is -3.46. The highest BCUT2D eigenvalue weighted by molar-refractivity contribution is 7.92. The first-order chi connectivity index (χ1) is 12.3. The zero-order chi connectivity index (χ0) is 18.8. The average Bonchev–Trinajstić information content (AvgIpc) is 3.14. The average molecular weight is 371 g/mol. The Labute approximate surface area is 153 Å². The molecule has 0 spiro atoms. The fourth-order valence-electron chi connectivity index (χ4n) is 2.32. The molecular weight excluding hydrogens is 350 g/mol. The van der Waals surface area contributed by atoms with Crippen LogP contribution in [0.4, 0.5) is 5.69 Å². The summed E-state index contributed by atoms with van der Waals surface area (Å²) in [5.74, 6) is 0.741. The van der Waals surface area contributed by atoms with Crippen molar-refractivity contribution in [1.82, 2.24) is 19.7 Å². The molecule has 3 heterocycles. The van der Waals surface area contributed by atoms with E-state index in [0.29, 0.717) is 6.54 Å². The van der Waals surface area contributed by atoms with Crippen molar-refractivity contribution in [2.45, 2.75) is 37.1 Å². The largest absolute Gasteiger partial charge is 0.380 e. The summed E-state index contributed by atoms with van der Waals surface area (Å²) in [5, 5.41) is 7.53. The van der Waals surface area contributed by atoms with Crippen LogP contribution in [0.25, 0.3) is 5.82 Å². The van der Waals surface area contributed by atoms with Crippen molar-refractivity contribution in [1.29, 1.82) is 0 Å². The molecule has 0 unspecified atom stereocenters. The Hall–Kier alpha value is -2.74. The van der Waals surface area contributed by atoms with Crippen LogP contribution in [-0.2, 0) is 16.4 Å². The van der Waals surface area contributed by atoms with E-state index in [-0.39, 0.29) is 5.03 Å². The topological polar surface area (TPSA) is 89.8 Å². The van der Waals surface area contributed by atoms with E-state index in [1.807, 2.05) is 24.4 Å². The minimum Gasteiger partial charge on any atom is -0.380 e. The van der Waals surface area contributed by atoms with E-state index in [2.05, 4.69) is 20.4 Å². The Bertz CT molecular complexity index is 975. The Morgan fingerprint density at radius 2 is 1.88 bits per heavy atom. The molecule has 136 valence electrons. The van der Waals surface area contributed by atoms with Crippen LogP contribution in [0.5, 0.6) is 0 Å². The molecule has 0 fully saturated rings. The Kier molecular flexibility index (Phi) is 4.78. The predicted molar refractivity (Wildman–Crippen MR) is 99.9 cm³/mol. The van der Waals surface area contributed by atoms with Crippen LogP contribution in [0.15, 0.2) is 60.1 Å². The van der Waals surface area contributed by atoms with Gasteiger partial charge >= 0.3 is 0 Å². The van der Waals surface area contributed by atoms with E-state index in [1.165, 1.54) is 12.3 Å². The second-order valence-corrected chi connectivity index (χ2v) is 9.44. The number of hydrogen-bond donors (Lipinski definition) is 1. The van der Waals surface area contributed by atoms with Gasteiger partial charge in [0.15, 0.2) is 20.7 Å². The molecule has 0 radical (unpaired) electrons. The van der Waals surface area contributed by atoms with Gasteiger partial charge in [-0.2, -0.15) is 5.10 Å². The fraction of sp³-hybridized carbons (Fsp3) is 0.278. The third-order valence-electron chi connectivity index (χ3n) is 3.89. The van der Waals surface area contributed by atoms with Crippen molar-refractivity contribution in [3.63, 3.8) is 0 Å². The summed E-state index contributed by atoms with van der Waals surface area (Å²) >= 11 is 0. The summed E-state index contributed by atoms with van der Waals surface area (Å²) in [6.07, 6.45) is 6.78. The third-order valence-corrected chi connectivity index (χ3v) is 6.29. The number of nitrogens with one attached hydrogen (secondary N) is 1.